The summed E-state index contributed by atoms with van der Waals surface area (Å²) in [5.74, 6) is -0.386. The van der Waals surface area contributed by atoms with Crippen LogP contribution in [0.1, 0.15) is 55.8 Å². The van der Waals surface area contributed by atoms with Crippen molar-refractivity contribution < 1.29 is 9.59 Å². The molecule has 0 radical (unpaired) electrons. The molecule has 0 aromatic carbocycles. The molecule has 134 valence electrons. The first kappa shape index (κ1) is 19.3. The lowest BCUT2D eigenvalue weighted by atomic mass is 9.96. The maximum absolute atomic E-state index is 12.3. The minimum Gasteiger partial charge on any atom is -0.335 e. The number of hydrogen-bond donors (Lipinski definition) is 2. The lowest BCUT2D eigenvalue weighted by Gasteiger charge is -2.23. The van der Waals surface area contributed by atoms with Crippen molar-refractivity contribution in [2.45, 2.75) is 69.2 Å². The number of imide groups is 1. The zero-order valence-electron chi connectivity index (χ0n) is 14.9. The van der Waals surface area contributed by atoms with Gasteiger partial charge in [0.2, 0.25) is 5.91 Å². The fraction of sp³-hybridized carbons (Fsp3) is 0.556. The third kappa shape index (κ3) is 5.46. The standard InChI is InChI=1S/C18H24N4O2S/c1-11-9-12(2)20-17(15(11)10-19)25-13(3)16(23)22-18(24)21-14-7-5-4-6-8-14/h9,13-14H,4-8H2,1-3H3,(H2,21,22,23,24). The summed E-state index contributed by atoms with van der Waals surface area (Å²) in [5, 5.41) is 14.5. The average Bonchev–Trinajstić information content (AvgIpc) is 2.55. The van der Waals surface area contributed by atoms with Gasteiger partial charge in [-0.25, -0.2) is 9.78 Å². The molecule has 1 atom stereocenters. The molecule has 6 nitrogen and oxygen atoms in total. The summed E-state index contributed by atoms with van der Waals surface area (Å²) in [6, 6.07) is 3.68. The topological polar surface area (TPSA) is 94.9 Å². The van der Waals surface area contributed by atoms with E-state index in [0.29, 0.717) is 10.6 Å². The van der Waals surface area contributed by atoms with Crippen molar-refractivity contribution in [3.63, 3.8) is 0 Å². The van der Waals surface area contributed by atoms with Crippen LogP contribution in [-0.2, 0) is 4.79 Å². The third-order valence-corrected chi connectivity index (χ3v) is 5.34. The molecule has 0 bridgehead atoms. The Bertz CT molecular complexity index is 693. The van der Waals surface area contributed by atoms with Crippen LogP contribution in [0.5, 0.6) is 0 Å². The van der Waals surface area contributed by atoms with Crippen LogP contribution in [0.15, 0.2) is 11.1 Å². The van der Waals surface area contributed by atoms with Crippen molar-refractivity contribution >= 4 is 23.7 Å². The second-order valence-corrected chi connectivity index (χ2v) is 7.76. The highest BCUT2D eigenvalue weighted by Gasteiger charge is 2.22. The molecule has 2 N–H and O–H groups in total. The van der Waals surface area contributed by atoms with E-state index in [4.69, 9.17) is 0 Å². The number of thioether (sulfide) groups is 1. The maximum atomic E-state index is 12.3. The van der Waals surface area contributed by atoms with Crippen LogP contribution in [0, 0.1) is 25.2 Å². The van der Waals surface area contributed by atoms with Gasteiger partial charge in [-0.15, -0.1) is 0 Å². The fourth-order valence-electron chi connectivity index (χ4n) is 2.93. The Morgan fingerprint density at radius 1 is 1.32 bits per heavy atom. The number of amides is 3. The quantitative estimate of drug-likeness (QED) is 0.804. The van der Waals surface area contributed by atoms with Gasteiger partial charge in [-0.2, -0.15) is 5.26 Å². The van der Waals surface area contributed by atoms with Crippen LogP contribution in [0.25, 0.3) is 0 Å². The SMILES string of the molecule is Cc1cc(C)c(C#N)c(SC(C)C(=O)NC(=O)NC2CCCCC2)n1. The zero-order valence-corrected chi connectivity index (χ0v) is 15.7. The highest BCUT2D eigenvalue weighted by molar-refractivity contribution is 8.00. The van der Waals surface area contributed by atoms with Crippen molar-refractivity contribution in [2.75, 3.05) is 0 Å². The number of urea groups is 1. The molecule has 1 aliphatic carbocycles. The first-order valence-corrected chi connectivity index (χ1v) is 9.45. The van der Waals surface area contributed by atoms with Gasteiger partial charge < -0.3 is 5.32 Å². The Morgan fingerprint density at radius 2 is 2.00 bits per heavy atom. The van der Waals surface area contributed by atoms with E-state index in [-0.39, 0.29) is 11.9 Å². The molecule has 2 rings (SSSR count). The van der Waals surface area contributed by atoms with Crippen LogP contribution >= 0.6 is 11.8 Å². The van der Waals surface area contributed by atoms with Gasteiger partial charge in [-0.1, -0.05) is 31.0 Å². The largest absolute Gasteiger partial charge is 0.335 e. The molecule has 7 heteroatoms. The predicted molar refractivity (Wildman–Crippen MR) is 97.3 cm³/mol. The average molecular weight is 360 g/mol. The van der Waals surface area contributed by atoms with E-state index in [1.807, 2.05) is 19.9 Å². The summed E-state index contributed by atoms with van der Waals surface area (Å²) in [6.07, 6.45) is 5.35. The molecule has 0 aliphatic heterocycles. The lowest BCUT2D eigenvalue weighted by molar-refractivity contribution is -0.119. The number of nitriles is 1. The van der Waals surface area contributed by atoms with Crippen molar-refractivity contribution in [1.29, 1.82) is 5.26 Å². The summed E-state index contributed by atoms with van der Waals surface area (Å²) in [6.45, 7) is 5.40. The van der Waals surface area contributed by atoms with Gasteiger partial charge in [0.15, 0.2) is 0 Å². The molecule has 1 aromatic rings. The van der Waals surface area contributed by atoms with E-state index in [9.17, 15) is 14.9 Å². The van der Waals surface area contributed by atoms with Crippen LogP contribution in [-0.4, -0.2) is 28.2 Å². The van der Waals surface area contributed by atoms with Crippen LogP contribution in [0.3, 0.4) is 0 Å². The Balaban J connectivity index is 1.94. The van der Waals surface area contributed by atoms with Gasteiger partial charge in [0.05, 0.1) is 10.8 Å². The van der Waals surface area contributed by atoms with Gasteiger partial charge >= 0.3 is 6.03 Å². The molecule has 1 heterocycles. The molecule has 1 unspecified atom stereocenters. The number of nitrogens with zero attached hydrogens (tertiary/aromatic N) is 2. The van der Waals surface area contributed by atoms with Gasteiger partial charge in [0.1, 0.15) is 11.1 Å². The lowest BCUT2D eigenvalue weighted by Crippen LogP contribution is -2.47. The highest BCUT2D eigenvalue weighted by Crippen LogP contribution is 2.27. The highest BCUT2D eigenvalue weighted by atomic mass is 32.2. The smallest absolute Gasteiger partial charge is 0.321 e. The summed E-state index contributed by atoms with van der Waals surface area (Å²) in [4.78, 5) is 28.6. The van der Waals surface area contributed by atoms with E-state index in [1.165, 1.54) is 18.2 Å². The van der Waals surface area contributed by atoms with E-state index in [2.05, 4.69) is 21.7 Å². The molecule has 0 spiro atoms. The Morgan fingerprint density at radius 3 is 2.64 bits per heavy atom. The van der Waals surface area contributed by atoms with Gasteiger partial charge in [0.25, 0.3) is 0 Å². The Hall–Kier alpha value is -2.07. The first-order chi connectivity index (χ1) is 11.9. The molecule has 1 aromatic heterocycles. The maximum Gasteiger partial charge on any atom is 0.321 e. The summed E-state index contributed by atoms with van der Waals surface area (Å²) in [7, 11) is 0. The molecule has 3 amide bonds. The Labute approximate surface area is 152 Å². The van der Waals surface area contributed by atoms with E-state index < -0.39 is 11.3 Å². The van der Waals surface area contributed by atoms with Crippen molar-refractivity contribution in [3.8, 4) is 6.07 Å². The van der Waals surface area contributed by atoms with Gasteiger partial charge in [0, 0.05) is 11.7 Å². The van der Waals surface area contributed by atoms with E-state index in [0.717, 1.165) is 36.9 Å². The summed E-state index contributed by atoms with van der Waals surface area (Å²) >= 11 is 1.19. The minimum atomic E-state index is -0.530. The van der Waals surface area contributed by atoms with E-state index in [1.54, 1.807) is 6.92 Å². The van der Waals surface area contributed by atoms with Crippen LogP contribution in [0.2, 0.25) is 0 Å². The molecule has 0 saturated heterocycles. The molecule has 1 aliphatic rings. The van der Waals surface area contributed by atoms with Crippen molar-refractivity contribution in [2.24, 2.45) is 0 Å². The summed E-state index contributed by atoms with van der Waals surface area (Å²) in [5.41, 5.74) is 2.10. The molecule has 1 fully saturated rings. The third-order valence-electron chi connectivity index (χ3n) is 4.26. The minimum absolute atomic E-state index is 0.149. The number of hydrogen-bond acceptors (Lipinski definition) is 5. The first-order valence-electron chi connectivity index (χ1n) is 8.57. The number of aromatic nitrogens is 1. The molecular formula is C18H24N4O2S. The Kier molecular flexibility index (Phi) is 6.82. The second-order valence-electron chi connectivity index (χ2n) is 6.43. The van der Waals surface area contributed by atoms with Crippen LogP contribution in [0.4, 0.5) is 4.79 Å². The monoisotopic (exact) mass is 360 g/mol. The number of pyridine rings is 1. The number of carbonyl (C=O) groups is 2. The molecular weight excluding hydrogens is 336 g/mol. The number of carbonyl (C=O) groups excluding carboxylic acids is 2. The van der Waals surface area contributed by atoms with Crippen molar-refractivity contribution in [1.82, 2.24) is 15.6 Å². The fourth-order valence-corrected chi connectivity index (χ4v) is 3.95. The number of aryl methyl sites for hydroxylation is 2. The molecule has 1 saturated carbocycles. The van der Waals surface area contributed by atoms with Gasteiger partial charge in [-0.3, -0.25) is 10.1 Å². The molecule has 25 heavy (non-hydrogen) atoms. The van der Waals surface area contributed by atoms with E-state index >= 15 is 0 Å². The van der Waals surface area contributed by atoms with Crippen molar-refractivity contribution in [3.05, 3.63) is 22.9 Å². The predicted octanol–water partition coefficient (Wildman–Crippen LogP) is 3.21. The zero-order chi connectivity index (χ0) is 18.4. The number of nitrogens with one attached hydrogen (secondary N) is 2. The summed E-state index contributed by atoms with van der Waals surface area (Å²) < 4.78 is 0. The normalized spacial score (nSPS) is 15.9. The van der Waals surface area contributed by atoms with Crippen LogP contribution < -0.4 is 10.6 Å². The van der Waals surface area contributed by atoms with Gasteiger partial charge in [-0.05, 0) is 45.2 Å². The number of rotatable bonds is 4. The second kappa shape index (κ2) is 8.86.